The number of aliphatic hydroxyl groups is 1. The molecule has 0 amide bonds. The van der Waals surface area contributed by atoms with E-state index in [0.29, 0.717) is 12.5 Å². The molecule has 0 aliphatic carbocycles. The molecule has 0 spiro atoms. The van der Waals surface area contributed by atoms with Gasteiger partial charge in [0.15, 0.2) is 0 Å². The van der Waals surface area contributed by atoms with Crippen LogP contribution < -0.4 is 0 Å². The van der Waals surface area contributed by atoms with Crippen molar-refractivity contribution in [2.75, 3.05) is 0 Å². The zero-order chi connectivity index (χ0) is 12.1. The smallest absolute Gasteiger partial charge is 0.224 e. The van der Waals surface area contributed by atoms with E-state index in [1.807, 2.05) is 6.92 Å². The number of unbranched alkanes of at least 4 members (excludes halogenated alkanes) is 2. The van der Waals surface area contributed by atoms with Crippen LogP contribution in [0.25, 0.3) is 0 Å². The van der Waals surface area contributed by atoms with Crippen LogP contribution in [0.15, 0.2) is 6.07 Å². The molecule has 90 valence electrons. The van der Waals surface area contributed by atoms with Crippen LogP contribution in [-0.4, -0.2) is 10.1 Å². The maximum absolute atomic E-state index is 13.2. The molecule has 1 rings (SSSR count). The van der Waals surface area contributed by atoms with Crippen molar-refractivity contribution in [2.24, 2.45) is 0 Å². The number of hydrogen-bond donors (Lipinski definition) is 1. The summed E-state index contributed by atoms with van der Waals surface area (Å²) < 4.78 is 38.8. The van der Waals surface area contributed by atoms with Crippen molar-refractivity contribution in [3.63, 3.8) is 0 Å². The van der Waals surface area contributed by atoms with E-state index in [-0.39, 0.29) is 6.42 Å². The summed E-state index contributed by atoms with van der Waals surface area (Å²) in [6.07, 6.45) is 1.46. The van der Waals surface area contributed by atoms with Gasteiger partial charge in [-0.15, -0.1) is 0 Å². The summed E-state index contributed by atoms with van der Waals surface area (Å²) in [6, 6.07) is 0.474. The highest BCUT2D eigenvalue weighted by Gasteiger charge is 2.20. The Kier molecular flexibility index (Phi) is 4.73. The third kappa shape index (κ3) is 3.20. The molecule has 5 heteroatoms. The molecule has 1 atom stereocenters. The summed E-state index contributed by atoms with van der Waals surface area (Å²) in [7, 11) is 0. The molecule has 0 radical (unpaired) electrons. The lowest BCUT2D eigenvalue weighted by molar-refractivity contribution is 0.152. The molecule has 0 aliphatic rings. The van der Waals surface area contributed by atoms with Gasteiger partial charge in [-0.3, -0.25) is 0 Å². The Morgan fingerprint density at radius 2 is 2.00 bits per heavy atom. The summed E-state index contributed by atoms with van der Waals surface area (Å²) in [6.45, 7) is 1.98. The molecule has 1 aromatic rings. The Balaban J connectivity index is 2.78. The van der Waals surface area contributed by atoms with Gasteiger partial charge >= 0.3 is 0 Å². The first-order chi connectivity index (χ1) is 7.56. The zero-order valence-corrected chi connectivity index (χ0v) is 9.01. The Bertz CT molecular complexity index is 334. The molecule has 0 aliphatic heterocycles. The van der Waals surface area contributed by atoms with E-state index in [1.54, 1.807) is 0 Å². The minimum atomic E-state index is -1.28. The maximum atomic E-state index is 13.2. The predicted octanol–water partition coefficient (Wildman–Crippen LogP) is 3.11. The number of nitrogens with zero attached hydrogens (tertiary/aromatic N) is 1. The molecule has 1 heterocycles. The van der Waals surface area contributed by atoms with Gasteiger partial charge in [-0.25, -0.2) is 4.39 Å². The molecule has 0 saturated carbocycles. The molecule has 0 aromatic carbocycles. The Labute approximate surface area is 92.1 Å². The van der Waals surface area contributed by atoms with Gasteiger partial charge < -0.3 is 5.11 Å². The molecule has 16 heavy (non-hydrogen) atoms. The van der Waals surface area contributed by atoms with Crippen LogP contribution in [0.5, 0.6) is 0 Å². The second-order valence-electron chi connectivity index (χ2n) is 3.64. The minimum Gasteiger partial charge on any atom is -0.388 e. The molecule has 0 fully saturated rings. The van der Waals surface area contributed by atoms with Crippen molar-refractivity contribution in [2.45, 2.75) is 38.7 Å². The predicted molar refractivity (Wildman–Crippen MR) is 53.2 cm³/mol. The molecule has 0 saturated heterocycles. The van der Waals surface area contributed by atoms with Crippen molar-refractivity contribution in [1.29, 1.82) is 0 Å². The fourth-order valence-corrected chi connectivity index (χ4v) is 1.50. The van der Waals surface area contributed by atoms with Crippen LogP contribution >= 0.6 is 0 Å². The largest absolute Gasteiger partial charge is 0.388 e. The highest BCUT2D eigenvalue weighted by molar-refractivity contribution is 5.17. The Morgan fingerprint density at radius 3 is 2.56 bits per heavy atom. The lowest BCUT2D eigenvalue weighted by Crippen LogP contribution is -2.07. The first-order valence-electron chi connectivity index (χ1n) is 5.25. The molecule has 1 unspecified atom stereocenters. The van der Waals surface area contributed by atoms with Gasteiger partial charge in [0.2, 0.25) is 11.9 Å². The highest BCUT2D eigenvalue weighted by Crippen LogP contribution is 2.24. The van der Waals surface area contributed by atoms with E-state index < -0.39 is 29.4 Å². The van der Waals surface area contributed by atoms with Crippen LogP contribution in [0.4, 0.5) is 13.2 Å². The molecule has 2 nitrogen and oxygen atoms in total. The van der Waals surface area contributed by atoms with E-state index >= 15 is 0 Å². The summed E-state index contributed by atoms with van der Waals surface area (Å²) in [4.78, 5) is 2.85. The normalized spacial score (nSPS) is 12.8. The van der Waals surface area contributed by atoms with Gasteiger partial charge in [-0.2, -0.15) is 13.8 Å². The number of rotatable bonds is 5. The van der Waals surface area contributed by atoms with Crippen LogP contribution in [0.3, 0.4) is 0 Å². The van der Waals surface area contributed by atoms with Gasteiger partial charge in [0, 0.05) is 6.07 Å². The lowest BCUT2D eigenvalue weighted by Gasteiger charge is -2.11. The highest BCUT2D eigenvalue weighted by atomic mass is 19.1. The van der Waals surface area contributed by atoms with Gasteiger partial charge in [-0.1, -0.05) is 26.2 Å². The number of hydrogen-bond acceptors (Lipinski definition) is 2. The van der Waals surface area contributed by atoms with Crippen molar-refractivity contribution in [3.05, 3.63) is 29.3 Å². The summed E-state index contributed by atoms with van der Waals surface area (Å²) in [5.74, 6) is -3.59. The fourth-order valence-electron chi connectivity index (χ4n) is 1.50. The van der Waals surface area contributed by atoms with Crippen LogP contribution in [0.1, 0.15) is 44.3 Å². The van der Waals surface area contributed by atoms with E-state index in [0.717, 1.165) is 12.8 Å². The van der Waals surface area contributed by atoms with Crippen molar-refractivity contribution >= 4 is 0 Å². The zero-order valence-electron chi connectivity index (χ0n) is 9.01. The second-order valence-corrected chi connectivity index (χ2v) is 3.64. The van der Waals surface area contributed by atoms with E-state index in [9.17, 15) is 18.3 Å². The first kappa shape index (κ1) is 13.0. The molecular formula is C11H14F3NO. The SMILES string of the molecule is CCCCCC(O)c1c(F)cc(F)nc1F. The van der Waals surface area contributed by atoms with E-state index in [2.05, 4.69) is 4.98 Å². The van der Waals surface area contributed by atoms with Gasteiger partial charge in [0.25, 0.3) is 0 Å². The summed E-state index contributed by atoms with van der Waals surface area (Å²) >= 11 is 0. The Morgan fingerprint density at radius 1 is 1.31 bits per heavy atom. The third-order valence-electron chi connectivity index (χ3n) is 2.34. The van der Waals surface area contributed by atoms with Crippen molar-refractivity contribution < 1.29 is 18.3 Å². The average Bonchev–Trinajstić information content (AvgIpc) is 2.16. The molecule has 0 bridgehead atoms. The molecular weight excluding hydrogens is 219 g/mol. The lowest BCUT2D eigenvalue weighted by atomic mass is 10.0. The molecule has 1 N–H and O–H groups in total. The fraction of sp³-hybridized carbons (Fsp3) is 0.545. The van der Waals surface area contributed by atoms with Crippen LogP contribution in [0, 0.1) is 17.7 Å². The van der Waals surface area contributed by atoms with Gasteiger partial charge in [0.1, 0.15) is 5.82 Å². The van der Waals surface area contributed by atoms with E-state index in [4.69, 9.17) is 0 Å². The van der Waals surface area contributed by atoms with E-state index in [1.165, 1.54) is 0 Å². The minimum absolute atomic E-state index is 0.245. The maximum Gasteiger partial charge on any atom is 0.224 e. The number of aromatic nitrogens is 1. The topological polar surface area (TPSA) is 33.1 Å². The van der Waals surface area contributed by atoms with Gasteiger partial charge in [-0.05, 0) is 6.42 Å². The quantitative estimate of drug-likeness (QED) is 0.626. The molecule has 1 aromatic heterocycles. The summed E-state index contributed by atoms with van der Waals surface area (Å²) in [5.41, 5.74) is -0.544. The Hall–Kier alpha value is -1.10. The monoisotopic (exact) mass is 233 g/mol. The van der Waals surface area contributed by atoms with Crippen LogP contribution in [-0.2, 0) is 0 Å². The number of aliphatic hydroxyl groups excluding tert-OH is 1. The second kappa shape index (κ2) is 5.84. The average molecular weight is 233 g/mol. The summed E-state index contributed by atoms with van der Waals surface area (Å²) in [5, 5.41) is 9.56. The standard InChI is InChI=1S/C11H14F3NO/c1-2-3-4-5-8(16)10-7(12)6-9(13)15-11(10)14/h6,8,16H,2-5H2,1H3. The third-order valence-corrected chi connectivity index (χ3v) is 2.34. The van der Waals surface area contributed by atoms with Crippen LogP contribution in [0.2, 0.25) is 0 Å². The van der Waals surface area contributed by atoms with Gasteiger partial charge in [0.05, 0.1) is 11.7 Å². The van der Waals surface area contributed by atoms with Crippen molar-refractivity contribution in [3.8, 4) is 0 Å². The van der Waals surface area contributed by atoms with Crippen molar-refractivity contribution in [1.82, 2.24) is 4.98 Å². The number of pyridine rings is 1. The first-order valence-corrected chi connectivity index (χ1v) is 5.25. The number of halogens is 3.